The van der Waals surface area contributed by atoms with Crippen LogP contribution in [0.4, 0.5) is 4.79 Å². The number of thioether (sulfide) groups is 1. The number of nitrogens with zero attached hydrogens (tertiary/aromatic N) is 3. The van der Waals surface area contributed by atoms with Crippen molar-refractivity contribution in [2.45, 2.75) is 46.2 Å². The summed E-state index contributed by atoms with van der Waals surface area (Å²) >= 11 is 1.90. The molecule has 0 aromatic carbocycles. The lowest BCUT2D eigenvalue weighted by atomic mass is 10.1. The number of hydrogen-bond donors (Lipinski definition) is 1. The summed E-state index contributed by atoms with van der Waals surface area (Å²) in [7, 11) is 0. The molecule has 0 spiro atoms. The Labute approximate surface area is 131 Å². The summed E-state index contributed by atoms with van der Waals surface area (Å²) in [6, 6.07) is 0.00823. The number of nitrogens with one attached hydrogen (secondary N) is 1. The van der Waals surface area contributed by atoms with Gasteiger partial charge in [0.15, 0.2) is 0 Å². The number of carbonyl (C=O) groups excluding carboxylic acids is 1. The zero-order chi connectivity index (χ0) is 15.6. The van der Waals surface area contributed by atoms with Crippen molar-refractivity contribution in [1.82, 2.24) is 20.0 Å². The van der Waals surface area contributed by atoms with E-state index in [0.717, 1.165) is 35.9 Å². The first-order valence-corrected chi connectivity index (χ1v) is 8.64. The highest BCUT2D eigenvalue weighted by molar-refractivity contribution is 7.99. The van der Waals surface area contributed by atoms with Crippen LogP contribution in [0.5, 0.6) is 0 Å². The third kappa shape index (κ3) is 3.93. The van der Waals surface area contributed by atoms with Crippen molar-refractivity contribution < 1.29 is 4.79 Å². The predicted octanol–water partition coefficient (Wildman–Crippen LogP) is 2.77. The van der Waals surface area contributed by atoms with Crippen molar-refractivity contribution in [3.05, 3.63) is 17.5 Å². The lowest BCUT2D eigenvalue weighted by molar-refractivity contribution is 0.199. The minimum atomic E-state index is -0.0448. The van der Waals surface area contributed by atoms with Crippen LogP contribution in [-0.2, 0) is 5.54 Å². The van der Waals surface area contributed by atoms with E-state index in [1.165, 1.54) is 0 Å². The van der Waals surface area contributed by atoms with E-state index >= 15 is 0 Å². The number of rotatable bonds is 2. The molecule has 1 fully saturated rings. The van der Waals surface area contributed by atoms with Crippen LogP contribution >= 0.6 is 11.8 Å². The van der Waals surface area contributed by atoms with Crippen molar-refractivity contribution in [2.75, 3.05) is 24.6 Å². The first kappa shape index (κ1) is 16.2. The van der Waals surface area contributed by atoms with Crippen LogP contribution in [0.1, 0.15) is 45.0 Å². The zero-order valence-corrected chi connectivity index (χ0v) is 14.5. The number of hydrogen-bond acceptors (Lipinski definition) is 3. The molecular formula is C15H26N4OS. The van der Waals surface area contributed by atoms with Crippen molar-refractivity contribution in [3.63, 3.8) is 0 Å². The van der Waals surface area contributed by atoms with Crippen LogP contribution in [0.25, 0.3) is 0 Å². The molecular weight excluding hydrogens is 284 g/mol. The normalized spacial score (nSPS) is 17.7. The van der Waals surface area contributed by atoms with Gasteiger partial charge in [0, 0.05) is 36.4 Å². The number of aromatic nitrogens is 2. The Hall–Kier alpha value is -1.17. The van der Waals surface area contributed by atoms with Crippen LogP contribution in [0, 0.1) is 6.92 Å². The van der Waals surface area contributed by atoms with E-state index in [2.05, 4.69) is 31.2 Å². The first-order valence-electron chi connectivity index (χ1n) is 7.49. The van der Waals surface area contributed by atoms with Crippen LogP contribution < -0.4 is 5.32 Å². The van der Waals surface area contributed by atoms with Gasteiger partial charge in [0.2, 0.25) is 0 Å². The average molecular weight is 310 g/mol. The van der Waals surface area contributed by atoms with Crippen LogP contribution in [0.3, 0.4) is 0 Å². The molecule has 2 amide bonds. The van der Waals surface area contributed by atoms with Crippen molar-refractivity contribution in [1.29, 1.82) is 0 Å². The summed E-state index contributed by atoms with van der Waals surface area (Å²) in [5.41, 5.74) is 2.02. The molecule has 0 bridgehead atoms. The smallest absolute Gasteiger partial charge is 0.317 e. The second kappa shape index (κ2) is 6.30. The van der Waals surface area contributed by atoms with E-state index in [9.17, 15) is 4.79 Å². The highest BCUT2D eigenvalue weighted by Gasteiger charge is 2.22. The van der Waals surface area contributed by atoms with Gasteiger partial charge in [0.1, 0.15) is 0 Å². The molecule has 1 aromatic rings. The van der Waals surface area contributed by atoms with Crippen LogP contribution in [-0.4, -0.2) is 45.3 Å². The molecule has 0 radical (unpaired) electrons. The Morgan fingerprint density at radius 3 is 2.52 bits per heavy atom. The van der Waals surface area contributed by atoms with Crippen molar-refractivity contribution >= 4 is 17.8 Å². The average Bonchev–Trinajstić information content (AvgIpc) is 2.82. The third-order valence-electron chi connectivity index (χ3n) is 3.73. The van der Waals surface area contributed by atoms with Gasteiger partial charge >= 0.3 is 6.03 Å². The van der Waals surface area contributed by atoms with Gasteiger partial charge in [-0.1, -0.05) is 0 Å². The molecule has 1 N–H and O–H groups in total. The van der Waals surface area contributed by atoms with E-state index in [4.69, 9.17) is 0 Å². The molecule has 118 valence electrons. The molecule has 0 unspecified atom stereocenters. The quantitative estimate of drug-likeness (QED) is 0.914. The molecule has 1 atom stereocenters. The highest BCUT2D eigenvalue weighted by Crippen LogP contribution is 2.21. The third-order valence-corrected chi connectivity index (χ3v) is 4.67. The molecule has 0 saturated carbocycles. The van der Waals surface area contributed by atoms with Gasteiger partial charge in [-0.25, -0.2) is 4.79 Å². The topological polar surface area (TPSA) is 50.2 Å². The van der Waals surface area contributed by atoms with E-state index in [1.54, 1.807) is 0 Å². The van der Waals surface area contributed by atoms with E-state index in [-0.39, 0.29) is 17.6 Å². The molecule has 1 saturated heterocycles. The Balaban J connectivity index is 2.04. The van der Waals surface area contributed by atoms with Crippen molar-refractivity contribution in [2.24, 2.45) is 0 Å². The monoisotopic (exact) mass is 310 g/mol. The first-order chi connectivity index (χ1) is 9.79. The predicted molar refractivity (Wildman–Crippen MR) is 87.8 cm³/mol. The summed E-state index contributed by atoms with van der Waals surface area (Å²) in [5.74, 6) is 2.06. The number of aryl methyl sites for hydroxylation is 1. The lowest BCUT2D eigenvalue weighted by Gasteiger charge is -2.28. The fraction of sp³-hybridized carbons (Fsp3) is 0.733. The summed E-state index contributed by atoms with van der Waals surface area (Å²) in [6.45, 7) is 12.1. The molecule has 0 aliphatic carbocycles. The molecule has 1 aromatic heterocycles. The maximum Gasteiger partial charge on any atom is 0.317 e. The molecule has 2 heterocycles. The number of carbonyl (C=O) groups is 1. The molecule has 6 heteroatoms. The molecule has 1 aliphatic heterocycles. The van der Waals surface area contributed by atoms with Crippen LogP contribution in [0.2, 0.25) is 0 Å². The largest absolute Gasteiger partial charge is 0.331 e. The second-order valence-corrected chi connectivity index (χ2v) is 7.78. The minimum Gasteiger partial charge on any atom is -0.331 e. The summed E-state index contributed by atoms with van der Waals surface area (Å²) in [6.07, 6.45) is 2.05. The molecule has 5 nitrogen and oxygen atoms in total. The summed E-state index contributed by atoms with van der Waals surface area (Å²) < 4.78 is 1.97. The zero-order valence-electron chi connectivity index (χ0n) is 13.6. The number of amides is 2. The Morgan fingerprint density at radius 1 is 1.38 bits per heavy atom. The van der Waals surface area contributed by atoms with Gasteiger partial charge in [0.05, 0.1) is 17.3 Å². The van der Waals surface area contributed by atoms with Gasteiger partial charge in [0.25, 0.3) is 0 Å². The lowest BCUT2D eigenvalue weighted by Crippen LogP contribution is -2.45. The minimum absolute atomic E-state index is 0.0248. The molecule has 1 aliphatic rings. The van der Waals surface area contributed by atoms with E-state index < -0.39 is 0 Å². The SMILES string of the molecule is Cc1nn(C(C)(C)C)cc1[C@H](C)NC(=O)N1CCSCC1. The molecule has 2 rings (SSSR count). The van der Waals surface area contributed by atoms with Gasteiger partial charge in [-0.3, -0.25) is 4.68 Å². The summed E-state index contributed by atoms with van der Waals surface area (Å²) in [5, 5.41) is 7.67. The van der Waals surface area contributed by atoms with Gasteiger partial charge in [-0.2, -0.15) is 16.9 Å². The Bertz CT molecular complexity index is 500. The van der Waals surface area contributed by atoms with Crippen LogP contribution in [0.15, 0.2) is 6.20 Å². The highest BCUT2D eigenvalue weighted by atomic mass is 32.2. The Kier molecular flexibility index (Phi) is 4.86. The standard InChI is InChI=1S/C15H26N4OS/c1-11(16-14(20)18-6-8-21-9-7-18)13-10-19(15(3,4)5)17-12(13)2/h10-11H,6-9H2,1-5H3,(H,16,20)/t11-/m0/s1. The second-order valence-electron chi connectivity index (χ2n) is 6.56. The van der Waals surface area contributed by atoms with E-state index in [1.807, 2.05) is 41.4 Å². The fourth-order valence-electron chi connectivity index (χ4n) is 2.36. The maximum atomic E-state index is 12.3. The summed E-state index contributed by atoms with van der Waals surface area (Å²) in [4.78, 5) is 14.2. The Morgan fingerprint density at radius 2 is 2.00 bits per heavy atom. The van der Waals surface area contributed by atoms with Gasteiger partial charge in [-0.15, -0.1) is 0 Å². The maximum absolute atomic E-state index is 12.3. The van der Waals surface area contributed by atoms with E-state index in [0.29, 0.717) is 0 Å². The fourth-order valence-corrected chi connectivity index (χ4v) is 3.27. The number of urea groups is 1. The van der Waals surface area contributed by atoms with Gasteiger partial charge < -0.3 is 10.2 Å². The van der Waals surface area contributed by atoms with Crippen molar-refractivity contribution in [3.8, 4) is 0 Å². The molecule has 21 heavy (non-hydrogen) atoms. The van der Waals surface area contributed by atoms with Gasteiger partial charge in [-0.05, 0) is 34.6 Å².